The van der Waals surface area contributed by atoms with Crippen LogP contribution in [0.5, 0.6) is 0 Å². The van der Waals surface area contributed by atoms with Gasteiger partial charge in [-0.3, -0.25) is 0 Å². The van der Waals surface area contributed by atoms with Gasteiger partial charge in [-0.05, 0) is 30.8 Å². The Morgan fingerprint density at radius 1 is 1.24 bits per heavy atom. The van der Waals surface area contributed by atoms with Gasteiger partial charge in [-0.1, -0.05) is 6.92 Å². The number of likely N-dealkylation sites (N-methyl/N-ethyl adjacent to an activating group) is 1. The summed E-state index contributed by atoms with van der Waals surface area (Å²) in [5, 5.41) is 2.96. The molecule has 0 amide bonds. The van der Waals surface area contributed by atoms with Gasteiger partial charge in [0, 0.05) is 13.2 Å². The van der Waals surface area contributed by atoms with Crippen LogP contribution in [0.1, 0.15) is 12.5 Å². The number of sulfone groups is 1. The molecule has 0 aliphatic heterocycles. The molecule has 21 heavy (non-hydrogen) atoms. The summed E-state index contributed by atoms with van der Waals surface area (Å²) < 4.78 is 66.6. The third kappa shape index (κ3) is 5.29. The van der Waals surface area contributed by atoms with Gasteiger partial charge >= 0.3 is 6.18 Å². The Bertz CT molecular complexity index is 535. The lowest BCUT2D eigenvalue weighted by Crippen LogP contribution is -2.39. The van der Waals surface area contributed by atoms with Crippen LogP contribution in [0, 0.1) is 0 Å². The Morgan fingerprint density at radius 3 is 2.24 bits per heavy atom. The molecule has 1 aromatic carbocycles. The van der Waals surface area contributed by atoms with Gasteiger partial charge in [0.15, 0.2) is 9.84 Å². The number of benzene rings is 1. The highest BCUT2D eigenvalue weighted by Crippen LogP contribution is 2.29. The van der Waals surface area contributed by atoms with E-state index < -0.39 is 27.6 Å². The number of rotatable bonds is 7. The molecule has 0 saturated carbocycles. The van der Waals surface area contributed by atoms with Gasteiger partial charge in [-0.15, -0.1) is 0 Å². The van der Waals surface area contributed by atoms with Crippen LogP contribution in [-0.4, -0.2) is 40.5 Å². The summed E-state index contributed by atoms with van der Waals surface area (Å²) in [6.45, 7) is 2.59. The first-order valence-corrected chi connectivity index (χ1v) is 7.98. The molecule has 0 spiro atoms. The van der Waals surface area contributed by atoms with Gasteiger partial charge in [0.25, 0.3) is 0 Å². The van der Waals surface area contributed by atoms with Gasteiger partial charge in [-0.25, -0.2) is 8.42 Å². The summed E-state index contributed by atoms with van der Waals surface area (Å²) in [6.07, 6.45) is -4.48. The maximum Gasteiger partial charge on any atom is 0.416 e. The summed E-state index contributed by atoms with van der Waals surface area (Å²) in [7, 11) is -2.22. The van der Waals surface area contributed by atoms with Crippen LogP contribution in [0.2, 0.25) is 0 Å². The van der Waals surface area contributed by atoms with Crippen molar-refractivity contribution in [1.29, 1.82) is 0 Å². The number of alkyl halides is 3. The smallest absolute Gasteiger partial charge is 0.383 e. The van der Waals surface area contributed by atoms with Gasteiger partial charge in [0.05, 0.1) is 22.8 Å². The molecule has 0 aliphatic rings. The summed E-state index contributed by atoms with van der Waals surface area (Å²) in [4.78, 5) is -0.130. The summed E-state index contributed by atoms with van der Waals surface area (Å²) >= 11 is 0. The Labute approximate surface area is 122 Å². The molecule has 4 nitrogen and oxygen atoms in total. The minimum absolute atomic E-state index is 0.130. The molecule has 0 bridgehead atoms. The fraction of sp³-hybridized carbons (Fsp3) is 0.538. The maximum absolute atomic E-state index is 12.5. The zero-order valence-electron chi connectivity index (χ0n) is 11.8. The minimum Gasteiger partial charge on any atom is -0.383 e. The van der Waals surface area contributed by atoms with Crippen molar-refractivity contribution in [3.05, 3.63) is 29.8 Å². The first kappa shape index (κ1) is 17.9. The zero-order valence-corrected chi connectivity index (χ0v) is 12.6. The molecule has 1 N–H and O–H groups in total. The van der Waals surface area contributed by atoms with Crippen molar-refractivity contribution in [3.8, 4) is 0 Å². The van der Waals surface area contributed by atoms with Gasteiger partial charge in [0.1, 0.15) is 0 Å². The SMILES string of the molecule is CCNC(COC)CS(=O)(=O)c1ccc(C(F)(F)F)cc1. The van der Waals surface area contributed by atoms with Crippen molar-refractivity contribution in [3.63, 3.8) is 0 Å². The highest BCUT2D eigenvalue weighted by Gasteiger charge is 2.31. The second-order valence-corrected chi connectivity index (χ2v) is 6.55. The molecule has 1 rings (SSSR count). The average molecular weight is 325 g/mol. The van der Waals surface area contributed by atoms with Crippen LogP contribution >= 0.6 is 0 Å². The van der Waals surface area contributed by atoms with E-state index in [9.17, 15) is 21.6 Å². The van der Waals surface area contributed by atoms with Gasteiger partial charge in [-0.2, -0.15) is 13.2 Å². The second-order valence-electron chi connectivity index (χ2n) is 4.51. The molecule has 0 heterocycles. The summed E-state index contributed by atoms with van der Waals surface area (Å²) in [5.74, 6) is -0.236. The fourth-order valence-electron chi connectivity index (χ4n) is 1.87. The Kier molecular flexibility index (Phi) is 6.18. The number of nitrogens with one attached hydrogen (secondary N) is 1. The van der Waals surface area contributed by atoms with Crippen molar-refractivity contribution < 1.29 is 26.3 Å². The van der Waals surface area contributed by atoms with E-state index >= 15 is 0 Å². The van der Waals surface area contributed by atoms with Crippen LogP contribution in [-0.2, 0) is 20.8 Å². The number of ether oxygens (including phenoxy) is 1. The quantitative estimate of drug-likeness (QED) is 0.834. The predicted octanol–water partition coefficient (Wildman–Crippen LogP) is 2.10. The van der Waals surface area contributed by atoms with Crippen molar-refractivity contribution in [2.75, 3.05) is 26.0 Å². The molecule has 1 aromatic rings. The largest absolute Gasteiger partial charge is 0.416 e. The van der Waals surface area contributed by atoms with Crippen LogP contribution in [0.15, 0.2) is 29.2 Å². The maximum atomic E-state index is 12.5. The van der Waals surface area contributed by atoms with Crippen molar-refractivity contribution in [2.24, 2.45) is 0 Å². The Balaban J connectivity index is 2.92. The monoisotopic (exact) mass is 325 g/mol. The van der Waals surface area contributed by atoms with E-state index in [1.165, 1.54) is 7.11 Å². The minimum atomic E-state index is -4.48. The lowest BCUT2D eigenvalue weighted by molar-refractivity contribution is -0.137. The van der Waals surface area contributed by atoms with Crippen LogP contribution in [0.25, 0.3) is 0 Å². The third-order valence-corrected chi connectivity index (χ3v) is 4.65. The highest BCUT2D eigenvalue weighted by atomic mass is 32.2. The number of hydrogen-bond donors (Lipinski definition) is 1. The molecule has 0 aromatic heterocycles. The van der Waals surface area contributed by atoms with Crippen molar-refractivity contribution in [1.82, 2.24) is 5.32 Å². The Hall–Kier alpha value is -1.12. The molecule has 1 unspecified atom stereocenters. The highest BCUT2D eigenvalue weighted by molar-refractivity contribution is 7.91. The van der Waals surface area contributed by atoms with E-state index in [1.54, 1.807) is 0 Å². The standard InChI is InChI=1S/C13H18F3NO3S/c1-3-17-11(8-20-2)9-21(18,19)12-6-4-10(5-7-12)13(14,15)16/h4-7,11,17H,3,8-9H2,1-2H3. The van der Waals surface area contributed by atoms with Crippen LogP contribution in [0.3, 0.4) is 0 Å². The van der Waals surface area contributed by atoms with Crippen molar-refractivity contribution in [2.45, 2.75) is 24.0 Å². The molecule has 0 radical (unpaired) electrons. The zero-order chi connectivity index (χ0) is 16.1. The Morgan fingerprint density at radius 2 is 1.81 bits per heavy atom. The first-order valence-electron chi connectivity index (χ1n) is 6.33. The van der Waals surface area contributed by atoms with E-state index in [4.69, 9.17) is 4.74 Å². The number of halogens is 3. The van der Waals surface area contributed by atoms with Gasteiger partial charge < -0.3 is 10.1 Å². The fourth-order valence-corrected chi connectivity index (χ4v) is 3.36. The van der Waals surface area contributed by atoms with E-state index in [2.05, 4.69) is 5.32 Å². The average Bonchev–Trinajstić information content (AvgIpc) is 2.38. The predicted molar refractivity (Wildman–Crippen MR) is 72.8 cm³/mol. The molecule has 8 heteroatoms. The molecule has 0 fully saturated rings. The molecule has 1 atom stereocenters. The second kappa shape index (κ2) is 7.24. The van der Waals surface area contributed by atoms with Crippen LogP contribution in [0.4, 0.5) is 13.2 Å². The van der Waals surface area contributed by atoms with E-state index in [0.29, 0.717) is 6.54 Å². The summed E-state index contributed by atoms with van der Waals surface area (Å²) in [5.41, 5.74) is -0.874. The molecule has 120 valence electrons. The summed E-state index contributed by atoms with van der Waals surface area (Å²) in [6, 6.07) is 3.09. The van der Waals surface area contributed by atoms with E-state index in [0.717, 1.165) is 24.3 Å². The number of methoxy groups -OCH3 is 1. The lowest BCUT2D eigenvalue weighted by Gasteiger charge is -2.17. The molecule has 0 aliphatic carbocycles. The van der Waals surface area contributed by atoms with Crippen LogP contribution < -0.4 is 5.32 Å². The molecular weight excluding hydrogens is 307 g/mol. The molecule has 0 saturated heterocycles. The van der Waals surface area contributed by atoms with E-state index in [1.807, 2.05) is 6.92 Å². The topological polar surface area (TPSA) is 55.4 Å². The normalized spacial score (nSPS) is 14.1. The van der Waals surface area contributed by atoms with Crippen molar-refractivity contribution >= 4 is 9.84 Å². The lowest BCUT2D eigenvalue weighted by atomic mass is 10.2. The third-order valence-electron chi connectivity index (χ3n) is 2.82. The molecular formula is C13H18F3NO3S. The number of hydrogen-bond acceptors (Lipinski definition) is 4. The first-order chi connectivity index (χ1) is 9.70. The van der Waals surface area contributed by atoms with Gasteiger partial charge in [0.2, 0.25) is 0 Å². The van der Waals surface area contributed by atoms with E-state index in [-0.39, 0.29) is 17.3 Å².